The lowest BCUT2D eigenvalue weighted by atomic mass is 9.84. The highest BCUT2D eigenvalue weighted by Crippen LogP contribution is 2.34. The summed E-state index contributed by atoms with van der Waals surface area (Å²) in [5, 5.41) is 6.70. The van der Waals surface area contributed by atoms with Crippen LogP contribution in [0.1, 0.15) is 33.3 Å². The molecule has 26 heavy (non-hydrogen) atoms. The van der Waals surface area contributed by atoms with Crippen molar-refractivity contribution in [1.82, 2.24) is 10.6 Å². The number of hydrogen-bond donors (Lipinski definition) is 2. The largest absolute Gasteiger partial charge is 0.486 e. The SMILES string of the molecule is CN=C(NCC(C)(C)OC)NCC(C)(C)c1ccc2c(c1)OCCO2.I. The second-order valence-electron chi connectivity index (χ2n) is 7.49. The summed E-state index contributed by atoms with van der Waals surface area (Å²) in [6, 6.07) is 6.15. The van der Waals surface area contributed by atoms with Gasteiger partial charge in [0.2, 0.25) is 0 Å². The topological polar surface area (TPSA) is 64.1 Å². The lowest BCUT2D eigenvalue weighted by Crippen LogP contribution is -2.48. The first-order chi connectivity index (χ1) is 11.8. The van der Waals surface area contributed by atoms with Crippen LogP contribution in [0.2, 0.25) is 0 Å². The first kappa shape index (κ1) is 22.8. The van der Waals surface area contributed by atoms with Gasteiger partial charge >= 0.3 is 0 Å². The highest BCUT2D eigenvalue weighted by Gasteiger charge is 2.24. The minimum atomic E-state index is -0.247. The van der Waals surface area contributed by atoms with Crippen molar-refractivity contribution in [3.63, 3.8) is 0 Å². The smallest absolute Gasteiger partial charge is 0.191 e. The van der Waals surface area contributed by atoms with E-state index in [-0.39, 0.29) is 35.0 Å². The monoisotopic (exact) mass is 477 g/mol. The van der Waals surface area contributed by atoms with E-state index < -0.39 is 0 Å². The highest BCUT2D eigenvalue weighted by molar-refractivity contribution is 14.0. The quantitative estimate of drug-likeness (QED) is 0.375. The van der Waals surface area contributed by atoms with Crippen LogP contribution in [0.3, 0.4) is 0 Å². The van der Waals surface area contributed by atoms with E-state index in [0.29, 0.717) is 19.8 Å². The summed E-state index contributed by atoms with van der Waals surface area (Å²) in [7, 11) is 3.48. The average molecular weight is 477 g/mol. The molecule has 1 aliphatic heterocycles. The fraction of sp³-hybridized carbons (Fsp3) is 0.632. The predicted molar refractivity (Wildman–Crippen MR) is 116 cm³/mol. The minimum Gasteiger partial charge on any atom is -0.486 e. The number of halogens is 1. The van der Waals surface area contributed by atoms with Gasteiger partial charge in [-0.1, -0.05) is 19.9 Å². The van der Waals surface area contributed by atoms with Gasteiger partial charge in [-0.25, -0.2) is 0 Å². The number of nitrogens with one attached hydrogen (secondary N) is 2. The third-order valence-corrected chi connectivity index (χ3v) is 4.48. The van der Waals surface area contributed by atoms with Crippen molar-refractivity contribution in [3.8, 4) is 11.5 Å². The van der Waals surface area contributed by atoms with Gasteiger partial charge in [-0.05, 0) is 31.5 Å². The van der Waals surface area contributed by atoms with Crippen molar-refractivity contribution in [2.45, 2.75) is 38.7 Å². The molecule has 0 saturated heterocycles. The zero-order valence-electron chi connectivity index (χ0n) is 16.6. The number of guanidine groups is 1. The number of hydrogen-bond acceptors (Lipinski definition) is 4. The van der Waals surface area contributed by atoms with Crippen LogP contribution in [-0.4, -0.2) is 52.0 Å². The van der Waals surface area contributed by atoms with E-state index >= 15 is 0 Å². The number of nitrogens with zero attached hydrogens (tertiary/aromatic N) is 1. The Kier molecular flexibility index (Phi) is 8.46. The summed E-state index contributed by atoms with van der Waals surface area (Å²) >= 11 is 0. The van der Waals surface area contributed by atoms with E-state index in [2.05, 4.69) is 41.6 Å². The molecule has 148 valence electrons. The maximum Gasteiger partial charge on any atom is 0.191 e. The van der Waals surface area contributed by atoms with Gasteiger partial charge in [0, 0.05) is 32.7 Å². The zero-order chi connectivity index (χ0) is 18.5. The molecule has 0 saturated carbocycles. The lowest BCUT2D eigenvalue weighted by molar-refractivity contribution is 0.0268. The van der Waals surface area contributed by atoms with E-state index in [9.17, 15) is 0 Å². The van der Waals surface area contributed by atoms with Gasteiger partial charge in [-0.3, -0.25) is 4.99 Å². The Labute approximate surface area is 174 Å². The Morgan fingerprint density at radius 3 is 2.31 bits per heavy atom. The fourth-order valence-electron chi connectivity index (χ4n) is 2.46. The average Bonchev–Trinajstić information content (AvgIpc) is 2.61. The lowest BCUT2D eigenvalue weighted by Gasteiger charge is -2.29. The van der Waals surface area contributed by atoms with Crippen LogP contribution in [0, 0.1) is 0 Å². The Bertz CT molecular complexity index is 618. The van der Waals surface area contributed by atoms with Gasteiger partial charge < -0.3 is 24.8 Å². The van der Waals surface area contributed by atoms with Crippen molar-refractivity contribution >= 4 is 29.9 Å². The molecule has 1 heterocycles. The highest BCUT2D eigenvalue weighted by atomic mass is 127. The molecule has 0 atom stereocenters. The molecule has 0 bridgehead atoms. The van der Waals surface area contributed by atoms with E-state index in [1.807, 2.05) is 19.9 Å². The van der Waals surface area contributed by atoms with Crippen molar-refractivity contribution in [2.75, 3.05) is 40.5 Å². The van der Waals surface area contributed by atoms with Gasteiger partial charge in [0.05, 0.1) is 5.60 Å². The Morgan fingerprint density at radius 1 is 1.08 bits per heavy atom. The second kappa shape index (κ2) is 9.64. The van der Waals surface area contributed by atoms with Crippen molar-refractivity contribution < 1.29 is 14.2 Å². The number of benzene rings is 1. The molecule has 2 N–H and O–H groups in total. The summed E-state index contributed by atoms with van der Waals surface area (Å²) < 4.78 is 16.7. The molecule has 6 nitrogen and oxygen atoms in total. The van der Waals surface area contributed by atoms with E-state index in [4.69, 9.17) is 14.2 Å². The molecule has 1 aromatic carbocycles. The fourth-order valence-corrected chi connectivity index (χ4v) is 2.46. The van der Waals surface area contributed by atoms with Crippen LogP contribution in [-0.2, 0) is 10.2 Å². The Balaban J connectivity index is 0.00000338. The number of ether oxygens (including phenoxy) is 3. The maximum atomic E-state index is 5.70. The first-order valence-corrected chi connectivity index (χ1v) is 8.67. The molecule has 0 aromatic heterocycles. The molecular formula is C19H32IN3O3. The van der Waals surface area contributed by atoms with Gasteiger partial charge in [0.1, 0.15) is 13.2 Å². The van der Waals surface area contributed by atoms with Crippen LogP contribution in [0.25, 0.3) is 0 Å². The number of aliphatic imine (C=N–C) groups is 1. The maximum absolute atomic E-state index is 5.70. The van der Waals surface area contributed by atoms with E-state index in [1.165, 1.54) is 5.56 Å². The summed E-state index contributed by atoms with van der Waals surface area (Å²) in [6.45, 7) is 11.1. The number of methoxy groups -OCH3 is 1. The summed E-state index contributed by atoms with van der Waals surface area (Å²) in [6.07, 6.45) is 0. The molecule has 2 rings (SSSR count). The zero-order valence-corrected chi connectivity index (χ0v) is 19.0. The van der Waals surface area contributed by atoms with Gasteiger partial charge in [-0.15, -0.1) is 24.0 Å². The third kappa shape index (κ3) is 6.19. The molecule has 0 spiro atoms. The molecule has 1 aliphatic rings. The summed E-state index contributed by atoms with van der Waals surface area (Å²) in [5.41, 5.74) is 0.852. The van der Waals surface area contributed by atoms with Gasteiger partial charge in [0.15, 0.2) is 17.5 Å². The molecule has 0 fully saturated rings. The van der Waals surface area contributed by atoms with Crippen molar-refractivity contribution in [2.24, 2.45) is 4.99 Å². The molecule has 0 amide bonds. The van der Waals surface area contributed by atoms with Crippen LogP contribution in [0.5, 0.6) is 11.5 Å². The molecule has 1 aromatic rings. The van der Waals surface area contributed by atoms with Gasteiger partial charge in [0.25, 0.3) is 0 Å². The molecule has 0 unspecified atom stereocenters. The molecule has 0 aliphatic carbocycles. The second-order valence-corrected chi connectivity index (χ2v) is 7.49. The van der Waals surface area contributed by atoms with Crippen molar-refractivity contribution in [3.05, 3.63) is 23.8 Å². The third-order valence-electron chi connectivity index (χ3n) is 4.48. The van der Waals surface area contributed by atoms with E-state index in [1.54, 1.807) is 14.2 Å². The molecule has 7 heteroatoms. The standard InChI is InChI=1S/C19H31N3O3.HI/c1-18(2,12-21-17(20-5)22-13-19(3,4)23-6)14-7-8-15-16(11-14)25-10-9-24-15;/h7-8,11H,9-10,12-13H2,1-6H3,(H2,20,21,22);1H. The van der Waals surface area contributed by atoms with E-state index in [0.717, 1.165) is 24.0 Å². The summed E-state index contributed by atoms with van der Waals surface area (Å²) in [5.74, 6) is 2.40. The Morgan fingerprint density at radius 2 is 1.69 bits per heavy atom. The van der Waals surface area contributed by atoms with Gasteiger partial charge in [-0.2, -0.15) is 0 Å². The normalized spacial score (nSPS) is 14.5. The molecular weight excluding hydrogens is 445 g/mol. The Hall–Kier alpha value is -1.22. The molecule has 0 radical (unpaired) electrons. The number of fused-ring (bicyclic) bond motifs is 1. The van der Waals surface area contributed by atoms with Crippen molar-refractivity contribution in [1.29, 1.82) is 0 Å². The summed E-state index contributed by atoms with van der Waals surface area (Å²) in [4.78, 5) is 4.29. The van der Waals surface area contributed by atoms with Crippen LogP contribution >= 0.6 is 24.0 Å². The first-order valence-electron chi connectivity index (χ1n) is 8.67. The van der Waals surface area contributed by atoms with Crippen LogP contribution < -0.4 is 20.1 Å². The predicted octanol–water partition coefficient (Wildman–Crippen LogP) is 2.94. The number of rotatable bonds is 6. The van der Waals surface area contributed by atoms with Crippen LogP contribution in [0.4, 0.5) is 0 Å². The van der Waals surface area contributed by atoms with Crippen LogP contribution in [0.15, 0.2) is 23.2 Å². The minimum absolute atomic E-state index is 0.